The van der Waals surface area contributed by atoms with Crippen LogP contribution in [0.1, 0.15) is 0 Å². The normalized spacial score (nSPS) is 11.5. The van der Waals surface area contributed by atoms with E-state index in [0.717, 1.165) is 10.8 Å². The molecule has 0 spiro atoms. The van der Waals surface area contributed by atoms with Crippen LogP contribution in [0.5, 0.6) is 5.88 Å². The maximum atomic E-state index is 12.6. The molecule has 1 aromatic heterocycles. The second kappa shape index (κ2) is 5.60. The summed E-state index contributed by atoms with van der Waals surface area (Å²) in [7, 11) is -4.32. The number of aromatic nitrogens is 2. The molecule has 0 bridgehead atoms. The number of halogens is 1. The summed E-state index contributed by atoms with van der Waals surface area (Å²) in [5.74, 6) is -0.696. The first-order chi connectivity index (χ1) is 10.9. The van der Waals surface area contributed by atoms with E-state index in [1.54, 1.807) is 36.4 Å². The Morgan fingerprint density at radius 2 is 1.57 bits per heavy atom. The van der Waals surface area contributed by atoms with Crippen molar-refractivity contribution in [1.82, 2.24) is 8.54 Å². The zero-order chi connectivity index (χ0) is 16.6. The molecule has 0 saturated heterocycles. The zero-order valence-corrected chi connectivity index (χ0v) is 13.2. The van der Waals surface area contributed by atoms with Crippen molar-refractivity contribution in [3.8, 4) is 11.6 Å². The Hall–Kier alpha value is -2.51. The minimum absolute atomic E-state index is 0.0359. The average Bonchev–Trinajstić information content (AvgIpc) is 2.84. The molecule has 0 aliphatic rings. The lowest BCUT2D eigenvalue weighted by molar-refractivity contribution is 0.443. The molecule has 3 rings (SSSR count). The van der Waals surface area contributed by atoms with Gasteiger partial charge in [-0.1, -0.05) is 41.9 Å². The van der Waals surface area contributed by atoms with Crippen molar-refractivity contribution in [2.24, 2.45) is 0 Å². The highest BCUT2D eigenvalue weighted by Crippen LogP contribution is 2.25. The van der Waals surface area contributed by atoms with Crippen molar-refractivity contribution in [3.63, 3.8) is 0 Å². The summed E-state index contributed by atoms with van der Waals surface area (Å²) in [5.41, 5.74) is -0.477. The van der Waals surface area contributed by atoms with Crippen molar-refractivity contribution in [3.05, 3.63) is 76.3 Å². The monoisotopic (exact) mass is 350 g/mol. The number of nitrogens with zero attached hydrogens (tertiary/aromatic N) is 2. The molecule has 118 valence electrons. The first kappa shape index (κ1) is 15.4. The van der Waals surface area contributed by atoms with Gasteiger partial charge in [0.1, 0.15) is 4.90 Å². The van der Waals surface area contributed by atoms with E-state index in [2.05, 4.69) is 0 Å². The molecule has 0 unspecified atom stereocenters. The van der Waals surface area contributed by atoms with Crippen LogP contribution in [-0.2, 0) is 10.0 Å². The number of hydrogen-bond acceptors (Lipinski definition) is 4. The smallest absolute Gasteiger partial charge is 0.350 e. The third-order valence-electron chi connectivity index (χ3n) is 3.22. The summed E-state index contributed by atoms with van der Waals surface area (Å²) >= 11 is 5.90. The third-order valence-corrected chi connectivity index (χ3v) is 5.40. The molecule has 8 heteroatoms. The minimum Gasteiger partial charge on any atom is -0.493 e. The molecule has 6 nitrogen and oxygen atoms in total. The van der Waals surface area contributed by atoms with E-state index in [0.29, 0.717) is 9.66 Å². The molecule has 1 N–H and O–H groups in total. The van der Waals surface area contributed by atoms with Gasteiger partial charge in [0.05, 0.1) is 16.9 Å². The highest BCUT2D eigenvalue weighted by atomic mass is 35.5. The van der Waals surface area contributed by atoms with Gasteiger partial charge in [-0.2, -0.15) is 0 Å². The van der Waals surface area contributed by atoms with Crippen LogP contribution in [0.4, 0.5) is 0 Å². The van der Waals surface area contributed by atoms with Crippen molar-refractivity contribution in [2.45, 2.75) is 4.90 Å². The van der Waals surface area contributed by atoms with E-state index in [4.69, 9.17) is 11.6 Å². The van der Waals surface area contributed by atoms with Gasteiger partial charge in [0, 0.05) is 0 Å². The second-order valence-corrected chi connectivity index (χ2v) is 6.84. The summed E-state index contributed by atoms with van der Waals surface area (Å²) in [6, 6.07) is 14.1. The van der Waals surface area contributed by atoms with Gasteiger partial charge in [-0.05, 0) is 24.3 Å². The molecular weight excluding hydrogens is 340 g/mol. The highest BCUT2D eigenvalue weighted by Gasteiger charge is 2.27. The third kappa shape index (κ3) is 2.54. The van der Waals surface area contributed by atoms with Gasteiger partial charge >= 0.3 is 5.69 Å². The summed E-state index contributed by atoms with van der Waals surface area (Å²) in [5, 5.41) is 9.95. The van der Waals surface area contributed by atoms with E-state index in [1.807, 2.05) is 0 Å². The van der Waals surface area contributed by atoms with E-state index < -0.39 is 21.6 Å². The molecule has 2 aromatic carbocycles. The van der Waals surface area contributed by atoms with Gasteiger partial charge in [-0.25, -0.2) is 13.2 Å². The fourth-order valence-corrected chi connectivity index (χ4v) is 3.95. The highest BCUT2D eigenvalue weighted by molar-refractivity contribution is 7.90. The Morgan fingerprint density at radius 1 is 0.957 bits per heavy atom. The number of benzene rings is 2. The fourth-order valence-electron chi connectivity index (χ4n) is 2.17. The lowest BCUT2D eigenvalue weighted by Crippen LogP contribution is -2.29. The van der Waals surface area contributed by atoms with E-state index >= 15 is 0 Å². The van der Waals surface area contributed by atoms with E-state index in [9.17, 15) is 18.3 Å². The summed E-state index contributed by atoms with van der Waals surface area (Å²) in [4.78, 5) is 12.2. The Kier molecular flexibility index (Phi) is 3.75. The molecule has 0 aliphatic carbocycles. The van der Waals surface area contributed by atoms with Crippen LogP contribution in [0.25, 0.3) is 5.69 Å². The standard InChI is InChI=1S/C15H11ClN2O4S/c16-12-8-4-5-9-13(12)23(21,22)18-14(19)10-17(15(18)20)11-6-2-1-3-7-11/h1-10,19H. The first-order valence-electron chi connectivity index (χ1n) is 6.52. The predicted octanol–water partition coefficient (Wildman–Crippen LogP) is 2.24. The lowest BCUT2D eigenvalue weighted by Gasteiger charge is -2.07. The maximum absolute atomic E-state index is 12.6. The van der Waals surface area contributed by atoms with Gasteiger partial charge in [0.25, 0.3) is 10.0 Å². The Bertz CT molecular complexity index is 1020. The van der Waals surface area contributed by atoms with Crippen LogP contribution in [0, 0.1) is 0 Å². The lowest BCUT2D eigenvalue weighted by atomic mass is 10.3. The topological polar surface area (TPSA) is 81.3 Å². The molecule has 0 amide bonds. The van der Waals surface area contributed by atoms with E-state index in [1.165, 1.54) is 18.2 Å². The van der Waals surface area contributed by atoms with Crippen LogP contribution in [0.2, 0.25) is 5.02 Å². The zero-order valence-electron chi connectivity index (χ0n) is 11.6. The van der Waals surface area contributed by atoms with Crippen molar-refractivity contribution < 1.29 is 13.5 Å². The molecule has 0 fully saturated rings. The molecular formula is C15H11ClN2O4S. The average molecular weight is 351 g/mol. The molecule has 0 atom stereocenters. The minimum atomic E-state index is -4.32. The van der Waals surface area contributed by atoms with Crippen LogP contribution in [0.15, 0.2) is 70.5 Å². The second-order valence-electron chi connectivity index (χ2n) is 4.68. The van der Waals surface area contributed by atoms with Crippen LogP contribution < -0.4 is 5.69 Å². The Balaban J connectivity index is 2.25. The van der Waals surface area contributed by atoms with Crippen LogP contribution >= 0.6 is 11.6 Å². The van der Waals surface area contributed by atoms with Crippen molar-refractivity contribution in [1.29, 1.82) is 0 Å². The number of imidazole rings is 1. The SMILES string of the molecule is O=c1n(-c2ccccc2)cc(O)n1S(=O)(=O)c1ccccc1Cl. The Labute approximate surface area is 136 Å². The molecule has 0 radical (unpaired) electrons. The van der Waals surface area contributed by atoms with Crippen LogP contribution in [0.3, 0.4) is 0 Å². The van der Waals surface area contributed by atoms with Gasteiger partial charge < -0.3 is 5.11 Å². The molecule has 0 aliphatic heterocycles. The predicted molar refractivity (Wildman–Crippen MR) is 85.7 cm³/mol. The quantitative estimate of drug-likeness (QED) is 0.785. The first-order valence-corrected chi connectivity index (χ1v) is 8.33. The molecule has 0 saturated carbocycles. The molecule has 3 aromatic rings. The van der Waals surface area contributed by atoms with Gasteiger partial charge in [0.2, 0.25) is 5.88 Å². The maximum Gasteiger partial charge on any atom is 0.350 e. The summed E-state index contributed by atoms with van der Waals surface area (Å²) in [6.07, 6.45) is 1.05. The molecule has 1 heterocycles. The number of aromatic hydroxyl groups is 1. The largest absolute Gasteiger partial charge is 0.493 e. The number of hydrogen-bond donors (Lipinski definition) is 1. The number of para-hydroxylation sites is 1. The summed E-state index contributed by atoms with van der Waals surface area (Å²) in [6.45, 7) is 0. The van der Waals surface area contributed by atoms with Gasteiger partial charge in [0.15, 0.2) is 0 Å². The van der Waals surface area contributed by atoms with E-state index in [-0.39, 0.29) is 9.92 Å². The van der Waals surface area contributed by atoms with Gasteiger partial charge in [-0.3, -0.25) is 4.57 Å². The fraction of sp³-hybridized carbons (Fsp3) is 0. The van der Waals surface area contributed by atoms with Crippen molar-refractivity contribution >= 4 is 21.6 Å². The van der Waals surface area contributed by atoms with Gasteiger partial charge in [-0.15, -0.1) is 3.97 Å². The van der Waals surface area contributed by atoms with Crippen LogP contribution in [-0.4, -0.2) is 22.1 Å². The summed E-state index contributed by atoms with van der Waals surface area (Å²) < 4.78 is 26.7. The molecule has 23 heavy (non-hydrogen) atoms. The number of rotatable bonds is 3. The Morgan fingerprint density at radius 3 is 2.22 bits per heavy atom. The van der Waals surface area contributed by atoms with Crippen molar-refractivity contribution in [2.75, 3.05) is 0 Å².